The maximum absolute atomic E-state index is 15.1. The Hall–Kier alpha value is -3.86. The third kappa shape index (κ3) is 4.28. The number of hydrogen-bond acceptors (Lipinski definition) is 8. The van der Waals surface area contributed by atoms with Crippen molar-refractivity contribution in [1.29, 1.82) is 0 Å². The second-order valence-electron chi connectivity index (χ2n) is 7.70. The van der Waals surface area contributed by atoms with E-state index in [2.05, 4.69) is 25.6 Å². The Morgan fingerprint density at radius 1 is 1.16 bits per heavy atom. The predicted molar refractivity (Wildman–Crippen MR) is 118 cm³/mol. The van der Waals surface area contributed by atoms with Gasteiger partial charge in [-0.1, -0.05) is 0 Å². The molecule has 0 saturated heterocycles. The van der Waals surface area contributed by atoms with Crippen molar-refractivity contribution in [3.63, 3.8) is 0 Å². The molecule has 0 fully saturated rings. The fourth-order valence-corrected chi connectivity index (χ4v) is 3.29. The normalized spacial score (nSPS) is 11.3. The molecular weight excluding hydrogens is 413 g/mol. The Kier molecular flexibility index (Phi) is 5.82. The van der Waals surface area contributed by atoms with Crippen molar-refractivity contribution in [2.45, 2.75) is 6.92 Å². The molecule has 0 amide bonds. The molecule has 2 N–H and O–H groups in total. The Labute approximate surface area is 184 Å². The van der Waals surface area contributed by atoms with Crippen LogP contribution in [-0.2, 0) is 7.05 Å². The number of nitrogens with two attached hydrogens (primary N) is 1. The number of aromatic nitrogens is 7. The number of hydrogen-bond donors (Lipinski definition) is 1. The number of ether oxygens (including phenoxy) is 1. The van der Waals surface area contributed by atoms with Crippen LogP contribution in [0.2, 0.25) is 0 Å². The molecule has 1 aromatic carbocycles. The third-order valence-corrected chi connectivity index (χ3v) is 4.91. The van der Waals surface area contributed by atoms with Crippen molar-refractivity contribution in [3.8, 4) is 34.0 Å². The number of tetrazole rings is 1. The van der Waals surface area contributed by atoms with Crippen LogP contribution in [0, 0.1) is 12.7 Å². The van der Waals surface area contributed by atoms with E-state index in [1.807, 2.05) is 38.3 Å². The van der Waals surface area contributed by atoms with Crippen LogP contribution in [0.4, 0.5) is 10.2 Å². The Balaban J connectivity index is 1.72. The molecule has 4 rings (SSSR count). The minimum absolute atomic E-state index is 0.219. The van der Waals surface area contributed by atoms with Crippen LogP contribution in [0.15, 0.2) is 36.8 Å². The van der Waals surface area contributed by atoms with Gasteiger partial charge in [-0.15, -0.1) is 5.10 Å². The van der Waals surface area contributed by atoms with E-state index in [1.54, 1.807) is 30.1 Å². The van der Waals surface area contributed by atoms with Gasteiger partial charge in [0.1, 0.15) is 23.9 Å². The molecule has 3 aromatic heterocycles. The minimum Gasteiger partial charge on any atom is -0.492 e. The summed E-state index contributed by atoms with van der Waals surface area (Å²) < 4.78 is 23.8. The minimum atomic E-state index is -0.506. The molecule has 0 atom stereocenters. The van der Waals surface area contributed by atoms with Gasteiger partial charge in [0.2, 0.25) is 0 Å². The molecule has 10 nitrogen and oxygen atoms in total. The number of nitrogen functional groups attached to an aromatic ring is 1. The predicted octanol–water partition coefficient (Wildman–Crippen LogP) is 2.09. The smallest absolute Gasteiger partial charge is 0.190 e. The van der Waals surface area contributed by atoms with E-state index in [0.29, 0.717) is 23.5 Å². The van der Waals surface area contributed by atoms with Gasteiger partial charge in [-0.25, -0.2) is 9.37 Å². The lowest BCUT2D eigenvalue weighted by atomic mass is 10.1. The number of aryl methyl sites for hydroxylation is 2. The number of pyridine rings is 1. The topological polar surface area (TPSA) is 113 Å². The SMILES string of the molecule is Cc1cc(OCCN(C)C)cc(F)c1-n1nnnc1-c1cc(-c2cnn(C)c2)cnc1N. The second kappa shape index (κ2) is 8.71. The Morgan fingerprint density at radius 3 is 2.66 bits per heavy atom. The van der Waals surface area contributed by atoms with Crippen molar-refractivity contribution in [3.05, 3.63) is 48.2 Å². The lowest BCUT2D eigenvalue weighted by molar-refractivity contribution is 0.260. The number of benzene rings is 1. The first-order valence-electron chi connectivity index (χ1n) is 9.95. The summed E-state index contributed by atoms with van der Waals surface area (Å²) in [6.07, 6.45) is 5.23. The number of halogens is 1. The molecule has 0 bridgehead atoms. The van der Waals surface area contributed by atoms with E-state index in [1.165, 1.54) is 10.7 Å². The molecule has 32 heavy (non-hydrogen) atoms. The summed E-state index contributed by atoms with van der Waals surface area (Å²) in [6.45, 7) is 2.94. The zero-order valence-corrected chi connectivity index (χ0v) is 18.3. The number of nitrogens with zero attached hydrogens (tertiary/aromatic N) is 8. The standard InChI is InChI=1S/C21H24FN9O/c1-13-7-16(32-6-5-29(2)3)9-18(22)19(13)31-21(26-27-28-31)17-8-14(10-24-20(17)23)15-11-25-30(4)12-15/h7-12H,5-6H2,1-4H3,(H2,23,24). The summed E-state index contributed by atoms with van der Waals surface area (Å²) in [5.74, 6) is 0.452. The first-order chi connectivity index (χ1) is 15.3. The van der Waals surface area contributed by atoms with Crippen molar-refractivity contribution in [1.82, 2.24) is 39.9 Å². The van der Waals surface area contributed by atoms with Crippen LogP contribution >= 0.6 is 0 Å². The van der Waals surface area contributed by atoms with E-state index in [-0.39, 0.29) is 17.3 Å². The van der Waals surface area contributed by atoms with Crippen LogP contribution < -0.4 is 10.5 Å². The number of anilines is 1. The van der Waals surface area contributed by atoms with Gasteiger partial charge < -0.3 is 15.4 Å². The van der Waals surface area contributed by atoms with Crippen LogP contribution in [0.25, 0.3) is 28.2 Å². The molecular formula is C21H24FN9O. The van der Waals surface area contributed by atoms with E-state index in [0.717, 1.165) is 17.7 Å². The monoisotopic (exact) mass is 437 g/mol. The number of rotatable bonds is 7. The van der Waals surface area contributed by atoms with Crippen LogP contribution in [0.1, 0.15) is 5.56 Å². The van der Waals surface area contributed by atoms with Gasteiger partial charge in [0.25, 0.3) is 0 Å². The van der Waals surface area contributed by atoms with Gasteiger partial charge in [-0.05, 0) is 49.1 Å². The maximum Gasteiger partial charge on any atom is 0.190 e. The van der Waals surface area contributed by atoms with Crippen LogP contribution in [-0.4, -0.2) is 67.1 Å². The van der Waals surface area contributed by atoms with Gasteiger partial charge in [-0.3, -0.25) is 4.68 Å². The van der Waals surface area contributed by atoms with Gasteiger partial charge in [0.15, 0.2) is 11.6 Å². The quantitative estimate of drug-likeness (QED) is 0.468. The molecule has 4 aromatic rings. The first-order valence-corrected chi connectivity index (χ1v) is 9.95. The fraction of sp³-hybridized carbons (Fsp3) is 0.286. The molecule has 0 unspecified atom stereocenters. The Bertz CT molecular complexity index is 1220. The summed E-state index contributed by atoms with van der Waals surface area (Å²) in [7, 11) is 5.72. The van der Waals surface area contributed by atoms with Crippen molar-refractivity contribution in [2.24, 2.45) is 7.05 Å². The van der Waals surface area contributed by atoms with Crippen molar-refractivity contribution in [2.75, 3.05) is 33.0 Å². The van der Waals surface area contributed by atoms with E-state index < -0.39 is 5.82 Å². The molecule has 166 valence electrons. The molecule has 0 spiro atoms. The van der Waals surface area contributed by atoms with E-state index in [9.17, 15) is 0 Å². The first kappa shape index (κ1) is 21.4. The van der Waals surface area contributed by atoms with Gasteiger partial charge >= 0.3 is 0 Å². The molecule has 0 saturated carbocycles. The largest absolute Gasteiger partial charge is 0.492 e. The number of likely N-dealkylation sites (N-methyl/N-ethyl adjacent to an activating group) is 1. The van der Waals surface area contributed by atoms with Gasteiger partial charge in [0.05, 0.1) is 11.8 Å². The molecule has 0 aliphatic heterocycles. The molecule has 3 heterocycles. The van der Waals surface area contributed by atoms with Gasteiger partial charge in [-0.2, -0.15) is 9.78 Å². The zero-order chi connectivity index (χ0) is 22.8. The maximum atomic E-state index is 15.1. The highest BCUT2D eigenvalue weighted by molar-refractivity contribution is 5.76. The van der Waals surface area contributed by atoms with Crippen LogP contribution in [0.5, 0.6) is 5.75 Å². The average Bonchev–Trinajstić information content (AvgIpc) is 3.37. The second-order valence-corrected chi connectivity index (χ2v) is 7.70. The summed E-state index contributed by atoms with van der Waals surface area (Å²) in [5.41, 5.74) is 9.11. The summed E-state index contributed by atoms with van der Waals surface area (Å²) in [4.78, 5) is 6.27. The highest BCUT2D eigenvalue weighted by Gasteiger charge is 2.20. The van der Waals surface area contributed by atoms with Crippen LogP contribution in [0.3, 0.4) is 0 Å². The van der Waals surface area contributed by atoms with Crippen molar-refractivity contribution < 1.29 is 9.13 Å². The van der Waals surface area contributed by atoms with E-state index >= 15 is 4.39 Å². The fourth-order valence-electron chi connectivity index (χ4n) is 3.29. The third-order valence-electron chi connectivity index (χ3n) is 4.91. The summed E-state index contributed by atoms with van der Waals surface area (Å²) in [5, 5.41) is 16.0. The lowest BCUT2D eigenvalue weighted by Crippen LogP contribution is -2.19. The lowest BCUT2D eigenvalue weighted by Gasteiger charge is -2.14. The average molecular weight is 437 g/mol. The Morgan fingerprint density at radius 2 is 1.97 bits per heavy atom. The molecule has 0 aliphatic rings. The summed E-state index contributed by atoms with van der Waals surface area (Å²) >= 11 is 0. The molecule has 0 aliphatic carbocycles. The summed E-state index contributed by atoms with van der Waals surface area (Å²) in [6, 6.07) is 4.90. The van der Waals surface area contributed by atoms with Gasteiger partial charge in [0, 0.05) is 43.2 Å². The highest BCUT2D eigenvalue weighted by Crippen LogP contribution is 2.31. The van der Waals surface area contributed by atoms with E-state index in [4.69, 9.17) is 10.5 Å². The molecule has 0 radical (unpaired) electrons. The molecule has 11 heteroatoms. The highest BCUT2D eigenvalue weighted by atomic mass is 19.1. The van der Waals surface area contributed by atoms with Crippen molar-refractivity contribution >= 4 is 5.82 Å². The zero-order valence-electron chi connectivity index (χ0n) is 18.3.